The van der Waals surface area contributed by atoms with Crippen molar-refractivity contribution in [2.75, 3.05) is 11.5 Å². The first-order valence-electron chi connectivity index (χ1n) is 11.0. The highest BCUT2D eigenvalue weighted by molar-refractivity contribution is 7.99. The molecule has 0 heterocycles. The van der Waals surface area contributed by atoms with Crippen LogP contribution in [0.3, 0.4) is 0 Å². The van der Waals surface area contributed by atoms with Gasteiger partial charge in [-0.25, -0.2) is 0 Å². The minimum Gasteiger partial charge on any atom is -0.192 e. The molecule has 0 amide bonds. The molecule has 0 atom stereocenters. The fourth-order valence-electron chi connectivity index (χ4n) is 3.16. The summed E-state index contributed by atoms with van der Waals surface area (Å²) in [6.45, 7) is 4.48. The van der Waals surface area contributed by atoms with Gasteiger partial charge in [-0.05, 0) is 36.5 Å². The van der Waals surface area contributed by atoms with Crippen LogP contribution in [-0.2, 0) is 0 Å². The van der Waals surface area contributed by atoms with Crippen LogP contribution in [0.25, 0.3) is 0 Å². The zero-order chi connectivity index (χ0) is 20.5. The molecule has 0 aromatic heterocycles. The standard InChI is InChI=1S/C24H36N2S2/c1-3-5-7-9-11-13-17-27-23-15-16-24(22(20-26)21(23)19-25)28-18-14-12-10-8-6-4-2/h15-16H,3-14,17-18H2,1-2H3. The molecule has 0 aliphatic carbocycles. The van der Waals surface area contributed by atoms with E-state index in [0.717, 1.165) is 21.3 Å². The fraction of sp³-hybridized carbons (Fsp3) is 0.667. The van der Waals surface area contributed by atoms with Crippen LogP contribution in [0.5, 0.6) is 0 Å². The Balaban J connectivity index is 2.49. The molecule has 1 aromatic rings. The molecule has 0 spiro atoms. The van der Waals surface area contributed by atoms with Crippen molar-refractivity contribution in [1.29, 1.82) is 10.5 Å². The average Bonchev–Trinajstić information content (AvgIpc) is 2.72. The molecule has 0 saturated carbocycles. The highest BCUT2D eigenvalue weighted by Gasteiger charge is 2.14. The molecule has 0 bridgehead atoms. The predicted molar refractivity (Wildman–Crippen MR) is 124 cm³/mol. The maximum Gasteiger partial charge on any atom is 0.102 e. The first-order valence-corrected chi connectivity index (χ1v) is 13.0. The van der Waals surface area contributed by atoms with Gasteiger partial charge in [0.25, 0.3) is 0 Å². The number of nitriles is 2. The van der Waals surface area contributed by atoms with Gasteiger partial charge in [0.1, 0.15) is 12.1 Å². The number of hydrogen-bond donors (Lipinski definition) is 0. The van der Waals surface area contributed by atoms with Crippen molar-refractivity contribution in [3.05, 3.63) is 23.3 Å². The van der Waals surface area contributed by atoms with Gasteiger partial charge in [0.05, 0.1) is 11.1 Å². The molecule has 0 N–H and O–H groups in total. The molecule has 28 heavy (non-hydrogen) atoms. The molecule has 0 aliphatic rings. The second kappa shape index (κ2) is 16.8. The Bertz CT molecular complexity index is 574. The smallest absolute Gasteiger partial charge is 0.102 e. The number of rotatable bonds is 16. The van der Waals surface area contributed by atoms with Crippen LogP contribution in [-0.4, -0.2) is 11.5 Å². The van der Waals surface area contributed by atoms with E-state index in [0.29, 0.717) is 11.1 Å². The summed E-state index contributed by atoms with van der Waals surface area (Å²) in [5, 5.41) is 19.2. The third-order valence-electron chi connectivity index (χ3n) is 4.86. The zero-order valence-electron chi connectivity index (χ0n) is 17.8. The highest BCUT2D eigenvalue weighted by Crippen LogP contribution is 2.33. The van der Waals surface area contributed by atoms with Crippen LogP contribution in [0.2, 0.25) is 0 Å². The van der Waals surface area contributed by atoms with Crippen LogP contribution in [0.1, 0.15) is 102 Å². The molecule has 4 heteroatoms. The van der Waals surface area contributed by atoms with Gasteiger partial charge in [0.2, 0.25) is 0 Å². The summed E-state index contributed by atoms with van der Waals surface area (Å²) in [5.74, 6) is 2.05. The summed E-state index contributed by atoms with van der Waals surface area (Å²) in [6.07, 6.45) is 15.3. The highest BCUT2D eigenvalue weighted by atomic mass is 32.2. The lowest BCUT2D eigenvalue weighted by atomic mass is 10.1. The Morgan fingerprint density at radius 1 is 0.607 bits per heavy atom. The normalized spacial score (nSPS) is 10.6. The van der Waals surface area contributed by atoms with Crippen LogP contribution >= 0.6 is 23.5 Å². The monoisotopic (exact) mass is 416 g/mol. The van der Waals surface area contributed by atoms with E-state index < -0.39 is 0 Å². The van der Waals surface area contributed by atoms with Crippen molar-refractivity contribution in [1.82, 2.24) is 0 Å². The zero-order valence-corrected chi connectivity index (χ0v) is 19.4. The van der Waals surface area contributed by atoms with Crippen LogP contribution in [0, 0.1) is 22.7 Å². The average molecular weight is 417 g/mol. The van der Waals surface area contributed by atoms with Crippen molar-refractivity contribution in [3.63, 3.8) is 0 Å². The summed E-state index contributed by atoms with van der Waals surface area (Å²) < 4.78 is 0. The SMILES string of the molecule is CCCCCCCCSc1ccc(SCCCCCCCC)c(C#N)c1C#N. The van der Waals surface area contributed by atoms with Gasteiger partial charge < -0.3 is 0 Å². The Morgan fingerprint density at radius 3 is 1.32 bits per heavy atom. The van der Waals surface area contributed by atoms with Gasteiger partial charge >= 0.3 is 0 Å². The van der Waals surface area contributed by atoms with Crippen LogP contribution in [0.4, 0.5) is 0 Å². The van der Waals surface area contributed by atoms with Crippen molar-refractivity contribution < 1.29 is 0 Å². The molecule has 0 aliphatic heterocycles. The topological polar surface area (TPSA) is 47.6 Å². The van der Waals surface area contributed by atoms with Crippen molar-refractivity contribution >= 4 is 23.5 Å². The van der Waals surface area contributed by atoms with Crippen LogP contribution < -0.4 is 0 Å². The fourth-order valence-corrected chi connectivity index (χ4v) is 5.21. The van der Waals surface area contributed by atoms with E-state index in [1.54, 1.807) is 23.5 Å². The number of benzene rings is 1. The first-order chi connectivity index (χ1) is 13.8. The number of hydrogen-bond acceptors (Lipinski definition) is 4. The van der Waals surface area contributed by atoms with Crippen molar-refractivity contribution in [3.8, 4) is 12.1 Å². The molecule has 1 aromatic carbocycles. The number of nitrogens with zero attached hydrogens (tertiary/aromatic N) is 2. The Labute approximate surface area is 181 Å². The lowest BCUT2D eigenvalue weighted by Gasteiger charge is -2.10. The van der Waals surface area contributed by atoms with E-state index in [2.05, 4.69) is 26.0 Å². The van der Waals surface area contributed by atoms with Crippen molar-refractivity contribution in [2.24, 2.45) is 0 Å². The van der Waals surface area contributed by atoms with Gasteiger partial charge in [0.15, 0.2) is 0 Å². The second-order valence-corrected chi connectivity index (χ2v) is 9.54. The minimum atomic E-state index is 0.575. The molecule has 154 valence electrons. The summed E-state index contributed by atoms with van der Waals surface area (Å²) in [5.41, 5.74) is 1.15. The number of thioether (sulfide) groups is 2. The summed E-state index contributed by atoms with van der Waals surface area (Å²) in [7, 11) is 0. The third kappa shape index (κ3) is 9.90. The number of unbranched alkanes of at least 4 members (excludes halogenated alkanes) is 10. The molecule has 0 unspecified atom stereocenters. The summed E-state index contributed by atoms with van der Waals surface area (Å²) in [4.78, 5) is 1.94. The molecule has 2 nitrogen and oxygen atoms in total. The molecular formula is C24H36N2S2. The quantitative estimate of drug-likeness (QED) is 0.201. The predicted octanol–water partition coefficient (Wildman–Crippen LogP) is 8.34. The summed E-state index contributed by atoms with van der Waals surface area (Å²) in [6, 6.07) is 8.68. The van der Waals surface area contributed by atoms with Gasteiger partial charge in [-0.1, -0.05) is 78.1 Å². The van der Waals surface area contributed by atoms with Crippen LogP contribution in [0.15, 0.2) is 21.9 Å². The molecular weight excluding hydrogens is 380 g/mol. The maximum absolute atomic E-state index is 9.62. The Hall–Kier alpha value is -1.10. The van der Waals surface area contributed by atoms with Gasteiger partial charge in [0, 0.05) is 9.79 Å². The summed E-state index contributed by atoms with van der Waals surface area (Å²) >= 11 is 3.46. The van der Waals surface area contributed by atoms with Crippen molar-refractivity contribution in [2.45, 2.75) is 101 Å². The minimum absolute atomic E-state index is 0.575. The van der Waals surface area contributed by atoms with Gasteiger partial charge in [-0.3, -0.25) is 0 Å². The van der Waals surface area contributed by atoms with E-state index in [-0.39, 0.29) is 0 Å². The lowest BCUT2D eigenvalue weighted by Crippen LogP contribution is -1.93. The van der Waals surface area contributed by atoms with E-state index in [1.807, 2.05) is 12.1 Å². The van der Waals surface area contributed by atoms with E-state index >= 15 is 0 Å². The van der Waals surface area contributed by atoms with E-state index in [1.165, 1.54) is 77.0 Å². The molecule has 0 radical (unpaired) electrons. The van der Waals surface area contributed by atoms with E-state index in [4.69, 9.17) is 0 Å². The van der Waals surface area contributed by atoms with E-state index in [9.17, 15) is 10.5 Å². The lowest BCUT2D eigenvalue weighted by molar-refractivity contribution is 0.627. The van der Waals surface area contributed by atoms with Gasteiger partial charge in [-0.15, -0.1) is 23.5 Å². The largest absolute Gasteiger partial charge is 0.192 e. The third-order valence-corrected chi connectivity index (χ3v) is 7.15. The molecule has 0 fully saturated rings. The Kier molecular flexibility index (Phi) is 15.0. The second-order valence-electron chi connectivity index (χ2n) is 7.27. The maximum atomic E-state index is 9.62. The Morgan fingerprint density at radius 2 is 0.964 bits per heavy atom. The first kappa shape index (κ1) is 24.9. The molecule has 0 saturated heterocycles. The van der Waals surface area contributed by atoms with Gasteiger partial charge in [-0.2, -0.15) is 10.5 Å². The molecule has 1 rings (SSSR count).